The predicted molar refractivity (Wildman–Crippen MR) is 68.9 cm³/mol. The molecule has 0 saturated carbocycles. The fourth-order valence-electron chi connectivity index (χ4n) is 1.48. The van der Waals surface area contributed by atoms with Gasteiger partial charge >= 0.3 is 0 Å². The molecule has 98 valence electrons. The van der Waals surface area contributed by atoms with Crippen LogP contribution in [0.25, 0.3) is 0 Å². The molecule has 0 aliphatic heterocycles. The highest BCUT2D eigenvalue weighted by Crippen LogP contribution is 2.30. The molecule has 0 spiro atoms. The SMILES string of the molecule is N=C(N)c1ccc(Cl)cc1Oc1cc(F)ccc1F. The third-order valence-corrected chi connectivity index (χ3v) is 2.58. The molecule has 2 aromatic rings. The topological polar surface area (TPSA) is 59.1 Å². The Labute approximate surface area is 113 Å². The van der Waals surface area contributed by atoms with Gasteiger partial charge in [0.25, 0.3) is 0 Å². The van der Waals surface area contributed by atoms with Crippen LogP contribution in [0, 0.1) is 17.0 Å². The second kappa shape index (κ2) is 5.24. The van der Waals surface area contributed by atoms with E-state index in [1.165, 1.54) is 18.2 Å². The first kappa shape index (κ1) is 13.3. The fourth-order valence-corrected chi connectivity index (χ4v) is 1.64. The van der Waals surface area contributed by atoms with Gasteiger partial charge in [-0.1, -0.05) is 11.6 Å². The number of amidine groups is 1. The van der Waals surface area contributed by atoms with Gasteiger partial charge in [0, 0.05) is 17.2 Å². The van der Waals surface area contributed by atoms with Gasteiger partial charge in [-0.25, -0.2) is 8.78 Å². The van der Waals surface area contributed by atoms with Gasteiger partial charge in [-0.2, -0.15) is 0 Å². The summed E-state index contributed by atoms with van der Waals surface area (Å²) in [5.41, 5.74) is 5.62. The van der Waals surface area contributed by atoms with Crippen LogP contribution in [0.1, 0.15) is 5.56 Å². The molecular weight excluding hydrogens is 274 g/mol. The number of hydrogen-bond donors (Lipinski definition) is 2. The molecule has 0 fully saturated rings. The molecule has 3 N–H and O–H groups in total. The quantitative estimate of drug-likeness (QED) is 0.666. The molecule has 6 heteroatoms. The molecular formula is C13H9ClF2N2O. The minimum atomic E-state index is -0.726. The van der Waals surface area contributed by atoms with E-state index in [2.05, 4.69) is 0 Å². The zero-order chi connectivity index (χ0) is 14.0. The van der Waals surface area contributed by atoms with Crippen LogP contribution in [0.15, 0.2) is 36.4 Å². The first-order chi connectivity index (χ1) is 8.97. The number of rotatable bonds is 3. The van der Waals surface area contributed by atoms with E-state index in [0.717, 1.165) is 18.2 Å². The number of halogens is 3. The average Bonchev–Trinajstić information content (AvgIpc) is 2.33. The maximum absolute atomic E-state index is 13.5. The summed E-state index contributed by atoms with van der Waals surface area (Å²) in [6.45, 7) is 0. The summed E-state index contributed by atoms with van der Waals surface area (Å²) >= 11 is 5.80. The Morgan fingerprint density at radius 2 is 1.84 bits per heavy atom. The standard InChI is InChI=1S/C13H9ClF2N2O/c14-7-1-3-9(13(17)18)11(5-7)19-12-6-8(15)2-4-10(12)16/h1-6H,(H3,17,18). The number of benzene rings is 2. The van der Waals surface area contributed by atoms with Crippen molar-refractivity contribution in [3.8, 4) is 11.5 Å². The van der Waals surface area contributed by atoms with Crippen LogP contribution in [0.5, 0.6) is 11.5 Å². The number of nitrogens with one attached hydrogen (secondary N) is 1. The lowest BCUT2D eigenvalue weighted by Crippen LogP contribution is -2.12. The fraction of sp³-hybridized carbons (Fsp3) is 0. The Morgan fingerprint density at radius 1 is 1.11 bits per heavy atom. The minimum absolute atomic E-state index is 0.0875. The largest absolute Gasteiger partial charge is 0.453 e. The zero-order valence-electron chi connectivity index (χ0n) is 9.58. The summed E-state index contributed by atoms with van der Waals surface area (Å²) in [6.07, 6.45) is 0. The first-order valence-electron chi connectivity index (χ1n) is 5.24. The summed E-state index contributed by atoms with van der Waals surface area (Å²) in [4.78, 5) is 0. The molecule has 0 radical (unpaired) electrons. The summed E-state index contributed by atoms with van der Waals surface area (Å²) in [5, 5.41) is 7.73. The van der Waals surface area contributed by atoms with Crippen molar-refractivity contribution in [2.45, 2.75) is 0 Å². The smallest absolute Gasteiger partial charge is 0.166 e. The Hall–Kier alpha value is -2.14. The van der Waals surface area contributed by atoms with Crippen LogP contribution in [-0.4, -0.2) is 5.84 Å². The minimum Gasteiger partial charge on any atom is -0.453 e. The number of nitrogens with two attached hydrogens (primary N) is 1. The van der Waals surface area contributed by atoms with E-state index in [9.17, 15) is 8.78 Å². The van der Waals surface area contributed by atoms with Gasteiger partial charge in [0.1, 0.15) is 17.4 Å². The van der Waals surface area contributed by atoms with Crippen molar-refractivity contribution in [2.75, 3.05) is 0 Å². The van der Waals surface area contributed by atoms with E-state index < -0.39 is 11.6 Å². The Morgan fingerprint density at radius 3 is 2.53 bits per heavy atom. The van der Waals surface area contributed by atoms with Crippen LogP contribution in [0.4, 0.5) is 8.78 Å². The van der Waals surface area contributed by atoms with Crippen molar-refractivity contribution < 1.29 is 13.5 Å². The van der Waals surface area contributed by atoms with E-state index in [0.29, 0.717) is 5.02 Å². The molecule has 0 aliphatic carbocycles. The lowest BCUT2D eigenvalue weighted by molar-refractivity contribution is 0.436. The van der Waals surface area contributed by atoms with Gasteiger partial charge < -0.3 is 10.5 Å². The van der Waals surface area contributed by atoms with Gasteiger partial charge in [-0.15, -0.1) is 0 Å². The van der Waals surface area contributed by atoms with Crippen molar-refractivity contribution in [1.82, 2.24) is 0 Å². The summed E-state index contributed by atoms with van der Waals surface area (Å²) < 4.78 is 31.8. The van der Waals surface area contributed by atoms with Gasteiger partial charge in [0.05, 0.1) is 5.56 Å². The normalized spacial score (nSPS) is 10.3. The highest BCUT2D eigenvalue weighted by atomic mass is 35.5. The molecule has 2 rings (SSSR count). The zero-order valence-corrected chi connectivity index (χ0v) is 10.3. The van der Waals surface area contributed by atoms with E-state index in [1.807, 2.05) is 0 Å². The molecule has 3 nitrogen and oxygen atoms in total. The molecule has 0 aliphatic rings. The van der Waals surface area contributed by atoms with Gasteiger partial charge in [0.15, 0.2) is 11.6 Å². The second-order valence-corrected chi connectivity index (χ2v) is 4.17. The molecule has 0 bridgehead atoms. The molecule has 19 heavy (non-hydrogen) atoms. The Bertz CT molecular complexity index is 647. The molecule has 0 aromatic heterocycles. The van der Waals surface area contributed by atoms with Gasteiger partial charge in [-0.05, 0) is 24.3 Å². The third kappa shape index (κ3) is 3.00. The number of ether oxygens (including phenoxy) is 1. The van der Waals surface area contributed by atoms with Crippen LogP contribution >= 0.6 is 11.6 Å². The van der Waals surface area contributed by atoms with Crippen LogP contribution in [0.3, 0.4) is 0 Å². The highest BCUT2D eigenvalue weighted by molar-refractivity contribution is 6.30. The lowest BCUT2D eigenvalue weighted by Gasteiger charge is -2.11. The van der Waals surface area contributed by atoms with Crippen LogP contribution in [0.2, 0.25) is 5.02 Å². The maximum atomic E-state index is 13.5. The number of nitrogen functional groups attached to an aromatic ring is 1. The van der Waals surface area contributed by atoms with Crippen molar-refractivity contribution in [3.05, 3.63) is 58.6 Å². The monoisotopic (exact) mass is 282 g/mol. The summed E-state index contributed by atoms with van der Waals surface area (Å²) in [6, 6.07) is 7.20. The molecule has 0 unspecified atom stereocenters. The van der Waals surface area contributed by atoms with E-state index in [-0.39, 0.29) is 22.9 Å². The van der Waals surface area contributed by atoms with E-state index in [1.54, 1.807) is 0 Å². The summed E-state index contributed by atoms with van der Waals surface area (Å²) in [7, 11) is 0. The molecule has 2 aromatic carbocycles. The van der Waals surface area contributed by atoms with Gasteiger partial charge in [-0.3, -0.25) is 5.41 Å². The van der Waals surface area contributed by atoms with Crippen molar-refractivity contribution in [2.24, 2.45) is 5.73 Å². The van der Waals surface area contributed by atoms with Gasteiger partial charge in [0.2, 0.25) is 0 Å². The maximum Gasteiger partial charge on any atom is 0.166 e. The van der Waals surface area contributed by atoms with Crippen LogP contribution in [-0.2, 0) is 0 Å². The lowest BCUT2D eigenvalue weighted by atomic mass is 10.2. The average molecular weight is 283 g/mol. The van der Waals surface area contributed by atoms with E-state index >= 15 is 0 Å². The van der Waals surface area contributed by atoms with E-state index in [4.69, 9.17) is 27.5 Å². The molecule has 0 atom stereocenters. The highest BCUT2D eigenvalue weighted by Gasteiger charge is 2.12. The Kier molecular flexibility index (Phi) is 3.66. The third-order valence-electron chi connectivity index (χ3n) is 2.35. The number of hydrogen-bond acceptors (Lipinski definition) is 2. The van der Waals surface area contributed by atoms with Crippen molar-refractivity contribution in [3.63, 3.8) is 0 Å². The Balaban J connectivity index is 2.45. The summed E-state index contributed by atoms with van der Waals surface area (Å²) in [5.74, 6) is -1.84. The van der Waals surface area contributed by atoms with Crippen LogP contribution < -0.4 is 10.5 Å². The first-order valence-corrected chi connectivity index (χ1v) is 5.62. The molecule has 0 amide bonds. The predicted octanol–water partition coefficient (Wildman–Crippen LogP) is 3.69. The molecule has 0 heterocycles. The second-order valence-electron chi connectivity index (χ2n) is 3.73. The van der Waals surface area contributed by atoms with Crippen molar-refractivity contribution in [1.29, 1.82) is 5.41 Å². The van der Waals surface area contributed by atoms with Crippen molar-refractivity contribution >= 4 is 17.4 Å². The molecule has 0 saturated heterocycles.